The second kappa shape index (κ2) is 9.16. The standard InChI is InChI=1S/C21H24F3N3O3S/c1-20(2,3)14-27(16-5-4-15(13-25)19(12-16)21(22,23)24)10-11-30-17-6-8-18(9-7-17)31(26,28)29/h4-9,12H,10-11,14H2,1-3H3,(H2,26,28,29). The van der Waals surface area contributed by atoms with Gasteiger partial charge in [-0.3, -0.25) is 0 Å². The zero-order valence-electron chi connectivity index (χ0n) is 17.4. The smallest absolute Gasteiger partial charge is 0.417 e. The molecule has 0 amide bonds. The number of hydrogen-bond acceptors (Lipinski definition) is 5. The minimum atomic E-state index is -4.64. The predicted molar refractivity (Wildman–Crippen MR) is 111 cm³/mol. The Balaban J connectivity index is 2.21. The van der Waals surface area contributed by atoms with Gasteiger partial charge in [0.2, 0.25) is 10.0 Å². The maximum Gasteiger partial charge on any atom is 0.417 e. The SMILES string of the molecule is CC(C)(C)CN(CCOc1ccc(S(N)(=O)=O)cc1)c1ccc(C#N)c(C(F)(F)F)c1. The van der Waals surface area contributed by atoms with Crippen LogP contribution in [0.15, 0.2) is 47.4 Å². The van der Waals surface area contributed by atoms with E-state index in [1.807, 2.05) is 20.8 Å². The number of nitrogens with zero attached hydrogens (tertiary/aromatic N) is 2. The number of rotatable bonds is 7. The predicted octanol–water partition coefficient (Wildman–Crippen LogP) is 4.16. The lowest BCUT2D eigenvalue weighted by molar-refractivity contribution is -0.137. The Morgan fingerprint density at radius 3 is 2.19 bits per heavy atom. The van der Waals surface area contributed by atoms with Crippen LogP contribution in [0.25, 0.3) is 0 Å². The largest absolute Gasteiger partial charge is 0.492 e. The molecule has 0 atom stereocenters. The Bertz CT molecular complexity index is 1050. The van der Waals surface area contributed by atoms with Gasteiger partial charge in [-0.25, -0.2) is 13.6 Å². The van der Waals surface area contributed by atoms with Crippen molar-refractivity contribution < 1.29 is 26.3 Å². The lowest BCUT2D eigenvalue weighted by Crippen LogP contribution is -2.36. The van der Waals surface area contributed by atoms with E-state index in [1.54, 1.807) is 11.0 Å². The Labute approximate surface area is 180 Å². The normalized spacial score (nSPS) is 12.3. The van der Waals surface area contributed by atoms with Crippen LogP contribution in [0.5, 0.6) is 5.75 Å². The number of primary sulfonamides is 1. The average Bonchev–Trinajstić information content (AvgIpc) is 2.65. The second-order valence-corrected chi connectivity index (χ2v) is 9.75. The summed E-state index contributed by atoms with van der Waals surface area (Å²) in [4.78, 5) is 1.71. The molecule has 0 fully saturated rings. The van der Waals surface area contributed by atoms with Gasteiger partial charge >= 0.3 is 6.18 Å². The van der Waals surface area contributed by atoms with E-state index in [0.29, 0.717) is 18.0 Å². The van der Waals surface area contributed by atoms with Crippen LogP contribution in [0.2, 0.25) is 0 Å². The number of alkyl halides is 3. The molecule has 0 radical (unpaired) electrons. The van der Waals surface area contributed by atoms with E-state index < -0.39 is 27.3 Å². The highest BCUT2D eigenvalue weighted by molar-refractivity contribution is 7.89. The number of nitrogens with two attached hydrogens (primary N) is 1. The highest BCUT2D eigenvalue weighted by atomic mass is 32.2. The summed E-state index contributed by atoms with van der Waals surface area (Å²) in [6.07, 6.45) is -4.64. The zero-order valence-corrected chi connectivity index (χ0v) is 18.2. The van der Waals surface area contributed by atoms with Crippen LogP contribution in [0, 0.1) is 16.7 Å². The van der Waals surface area contributed by atoms with Crippen molar-refractivity contribution in [1.29, 1.82) is 5.26 Å². The maximum absolute atomic E-state index is 13.4. The van der Waals surface area contributed by atoms with E-state index in [2.05, 4.69) is 0 Å². The minimum Gasteiger partial charge on any atom is -0.492 e. The molecule has 0 aromatic heterocycles. The van der Waals surface area contributed by atoms with Gasteiger partial charge in [-0.05, 0) is 47.9 Å². The molecule has 0 saturated carbocycles. The van der Waals surface area contributed by atoms with Crippen LogP contribution in [0.4, 0.5) is 18.9 Å². The van der Waals surface area contributed by atoms with Crippen LogP contribution in [-0.2, 0) is 16.2 Å². The summed E-state index contributed by atoms with van der Waals surface area (Å²) in [5.41, 5.74) is -1.30. The van der Waals surface area contributed by atoms with Crippen molar-refractivity contribution >= 4 is 15.7 Å². The van der Waals surface area contributed by atoms with Crippen molar-refractivity contribution in [2.45, 2.75) is 31.8 Å². The van der Waals surface area contributed by atoms with Crippen LogP contribution < -0.4 is 14.8 Å². The number of benzene rings is 2. The van der Waals surface area contributed by atoms with Gasteiger partial charge in [0.05, 0.1) is 28.6 Å². The van der Waals surface area contributed by atoms with Crippen molar-refractivity contribution in [3.05, 3.63) is 53.6 Å². The number of sulfonamides is 1. The first-order valence-electron chi connectivity index (χ1n) is 9.33. The first-order chi connectivity index (χ1) is 14.2. The summed E-state index contributed by atoms with van der Waals surface area (Å²) in [5, 5.41) is 14.1. The zero-order chi connectivity index (χ0) is 23.4. The Morgan fingerprint density at radius 2 is 1.71 bits per heavy atom. The first-order valence-corrected chi connectivity index (χ1v) is 10.9. The molecular weight excluding hydrogens is 431 g/mol. The average molecular weight is 456 g/mol. The van der Waals surface area contributed by atoms with Crippen molar-refractivity contribution in [1.82, 2.24) is 0 Å². The topological polar surface area (TPSA) is 96.4 Å². The second-order valence-electron chi connectivity index (χ2n) is 8.19. The summed E-state index contributed by atoms with van der Waals surface area (Å²) < 4.78 is 68.3. The fourth-order valence-corrected chi connectivity index (χ4v) is 3.45. The molecule has 2 aromatic rings. The Kier molecular flexibility index (Phi) is 7.24. The molecule has 0 aliphatic heterocycles. The first kappa shape index (κ1) is 24.5. The Hall–Kier alpha value is -2.77. The molecule has 0 aliphatic rings. The molecule has 0 unspecified atom stereocenters. The van der Waals surface area contributed by atoms with Crippen molar-refractivity contribution in [2.75, 3.05) is 24.6 Å². The van der Waals surface area contributed by atoms with E-state index in [0.717, 1.165) is 6.07 Å². The number of anilines is 1. The quantitative estimate of drug-likeness (QED) is 0.676. The van der Waals surface area contributed by atoms with Crippen LogP contribution in [0.3, 0.4) is 0 Å². The van der Waals surface area contributed by atoms with E-state index in [4.69, 9.17) is 15.1 Å². The number of hydrogen-bond donors (Lipinski definition) is 1. The van der Waals surface area contributed by atoms with E-state index >= 15 is 0 Å². The van der Waals surface area contributed by atoms with E-state index in [-0.39, 0.29) is 23.5 Å². The third-order valence-electron chi connectivity index (χ3n) is 4.24. The molecule has 168 valence electrons. The third-order valence-corrected chi connectivity index (χ3v) is 5.17. The minimum absolute atomic E-state index is 0.0496. The summed E-state index contributed by atoms with van der Waals surface area (Å²) in [5.74, 6) is 0.402. The van der Waals surface area contributed by atoms with Gasteiger partial charge in [-0.1, -0.05) is 20.8 Å². The molecule has 0 bridgehead atoms. The van der Waals surface area contributed by atoms with Gasteiger partial charge in [-0.15, -0.1) is 0 Å². The summed E-state index contributed by atoms with van der Waals surface area (Å²) in [7, 11) is -3.81. The molecule has 2 rings (SSSR count). The van der Waals surface area contributed by atoms with E-state index in [9.17, 15) is 21.6 Å². The van der Waals surface area contributed by atoms with Crippen molar-refractivity contribution in [3.8, 4) is 11.8 Å². The lowest BCUT2D eigenvalue weighted by atomic mass is 9.95. The maximum atomic E-state index is 13.4. The summed E-state index contributed by atoms with van der Waals surface area (Å²) >= 11 is 0. The molecule has 2 aromatic carbocycles. The van der Waals surface area contributed by atoms with E-state index in [1.165, 1.54) is 36.4 Å². The van der Waals surface area contributed by atoms with Gasteiger partial charge in [0.15, 0.2) is 0 Å². The fraction of sp³-hybridized carbons (Fsp3) is 0.381. The van der Waals surface area contributed by atoms with Crippen LogP contribution in [0.1, 0.15) is 31.9 Å². The van der Waals surface area contributed by atoms with Gasteiger partial charge in [-0.2, -0.15) is 18.4 Å². The third kappa shape index (κ3) is 7.15. The molecule has 6 nitrogen and oxygen atoms in total. The molecule has 0 saturated heterocycles. The van der Waals surface area contributed by atoms with Crippen molar-refractivity contribution in [2.24, 2.45) is 10.6 Å². The lowest BCUT2D eigenvalue weighted by Gasteiger charge is -2.32. The highest BCUT2D eigenvalue weighted by Gasteiger charge is 2.34. The van der Waals surface area contributed by atoms with Crippen LogP contribution in [-0.4, -0.2) is 28.1 Å². The molecule has 0 spiro atoms. The molecule has 10 heteroatoms. The van der Waals surface area contributed by atoms with Gasteiger partial charge in [0.25, 0.3) is 0 Å². The number of halogens is 3. The highest BCUT2D eigenvalue weighted by Crippen LogP contribution is 2.35. The summed E-state index contributed by atoms with van der Waals surface area (Å²) in [6.45, 7) is 6.75. The monoisotopic (exact) mass is 455 g/mol. The fourth-order valence-electron chi connectivity index (χ4n) is 2.93. The molecule has 31 heavy (non-hydrogen) atoms. The molecule has 0 aliphatic carbocycles. The van der Waals surface area contributed by atoms with Gasteiger partial charge < -0.3 is 9.64 Å². The van der Waals surface area contributed by atoms with Gasteiger partial charge in [0, 0.05) is 12.2 Å². The summed E-state index contributed by atoms with van der Waals surface area (Å²) in [6, 6.07) is 10.8. The van der Waals surface area contributed by atoms with Crippen molar-refractivity contribution in [3.63, 3.8) is 0 Å². The molecule has 2 N–H and O–H groups in total. The molecular formula is C21H24F3N3O3S. The number of nitriles is 1. The molecule has 0 heterocycles. The Morgan fingerprint density at radius 1 is 1.10 bits per heavy atom. The number of ether oxygens (including phenoxy) is 1. The van der Waals surface area contributed by atoms with Gasteiger partial charge in [0.1, 0.15) is 12.4 Å². The van der Waals surface area contributed by atoms with Crippen LogP contribution >= 0.6 is 0 Å².